The zero-order chi connectivity index (χ0) is 35.4. The van der Waals surface area contributed by atoms with Gasteiger partial charge in [-0.15, -0.1) is 0 Å². The number of allylic oxidation sites excluding steroid dienone is 5. The molecule has 47 heavy (non-hydrogen) atoms. The Morgan fingerprint density at radius 2 is 0.787 bits per heavy atom. The van der Waals surface area contributed by atoms with E-state index in [4.69, 9.17) is 18.4 Å². The zero-order valence-corrected chi connectivity index (χ0v) is 21.6. The summed E-state index contributed by atoms with van der Waals surface area (Å²) in [7, 11) is 0. The smallest absolute Gasteiger partial charge is 0.237 e. The van der Waals surface area contributed by atoms with E-state index in [-0.39, 0.29) is 0 Å². The lowest BCUT2D eigenvalue weighted by molar-refractivity contribution is 0.376. The number of halogens is 13. The number of benzene rings is 3. The van der Waals surface area contributed by atoms with Crippen molar-refractivity contribution >= 4 is 22.5 Å². The Morgan fingerprint density at radius 1 is 0.447 bits per heavy atom. The minimum atomic E-state index is -2.78. The third-order valence-corrected chi connectivity index (χ3v) is 6.43. The van der Waals surface area contributed by atoms with Crippen LogP contribution < -0.4 is 0 Å². The number of hydrogen-bond donors (Lipinski definition) is 0. The maximum Gasteiger partial charge on any atom is 0.262 e. The SMILES string of the molecule is [C-]#[N+]/C(=C1/C(=C(\C#N)c2c(F)c(F)c(F)c(F)c2F)/C1=C(\C#N)c1c(F)c(F)c([N+]#[C-])c(F)c1F)c1c(F)c(F)c(C#N)c(F)c1F. The fourth-order valence-corrected chi connectivity index (χ4v) is 4.33. The van der Waals surface area contributed by atoms with E-state index in [9.17, 15) is 67.6 Å². The summed E-state index contributed by atoms with van der Waals surface area (Å²) >= 11 is 0. The topological polar surface area (TPSA) is 80.1 Å². The predicted octanol–water partition coefficient (Wildman–Crippen LogP) is 8.52. The highest BCUT2D eigenvalue weighted by atomic mass is 19.2. The fourth-order valence-electron chi connectivity index (χ4n) is 4.33. The quantitative estimate of drug-likeness (QED) is 0.0926. The Balaban J connectivity index is 2.37. The average molecular weight is 665 g/mol. The highest BCUT2D eigenvalue weighted by Crippen LogP contribution is 2.58. The summed E-state index contributed by atoms with van der Waals surface area (Å²) in [4.78, 5) is 4.80. The summed E-state index contributed by atoms with van der Waals surface area (Å²) < 4.78 is 189. The van der Waals surface area contributed by atoms with E-state index < -0.39 is 137 Å². The third-order valence-electron chi connectivity index (χ3n) is 6.43. The maximum absolute atomic E-state index is 15.0. The Kier molecular flexibility index (Phi) is 8.32. The van der Waals surface area contributed by atoms with Gasteiger partial charge < -0.3 is 0 Å². The van der Waals surface area contributed by atoms with Crippen LogP contribution >= 0.6 is 0 Å². The molecule has 1 saturated carbocycles. The van der Waals surface area contributed by atoms with Crippen molar-refractivity contribution in [2.24, 2.45) is 0 Å². The molecule has 4 rings (SSSR count). The third kappa shape index (κ3) is 4.61. The molecule has 0 amide bonds. The van der Waals surface area contributed by atoms with Crippen molar-refractivity contribution < 1.29 is 57.1 Å². The van der Waals surface area contributed by atoms with Crippen LogP contribution in [0.2, 0.25) is 0 Å². The maximum atomic E-state index is 15.0. The van der Waals surface area contributed by atoms with E-state index in [1.54, 1.807) is 0 Å². The monoisotopic (exact) mass is 665 g/mol. The van der Waals surface area contributed by atoms with Gasteiger partial charge in [0.15, 0.2) is 69.8 Å². The summed E-state index contributed by atoms with van der Waals surface area (Å²) in [6.45, 7) is 14.1. The number of nitrogens with zero attached hydrogens (tertiary/aromatic N) is 5. The molecule has 0 aliphatic heterocycles. The van der Waals surface area contributed by atoms with E-state index in [0.717, 1.165) is 18.2 Å². The molecule has 0 bridgehead atoms. The first kappa shape index (κ1) is 33.3. The van der Waals surface area contributed by atoms with Crippen LogP contribution in [0.3, 0.4) is 0 Å². The lowest BCUT2D eigenvalue weighted by Crippen LogP contribution is -2.06. The van der Waals surface area contributed by atoms with Gasteiger partial charge in [-0.2, -0.15) is 15.8 Å². The minimum absolute atomic E-state index is 0.761. The Bertz CT molecular complexity index is 2130. The summed E-state index contributed by atoms with van der Waals surface area (Å²) in [5.41, 5.74) is -19.9. The predicted molar refractivity (Wildman–Crippen MR) is 128 cm³/mol. The molecular formula is C29F13N5. The van der Waals surface area contributed by atoms with Crippen LogP contribution in [0.4, 0.5) is 62.8 Å². The van der Waals surface area contributed by atoms with Crippen molar-refractivity contribution in [1.82, 2.24) is 0 Å². The van der Waals surface area contributed by atoms with Crippen LogP contribution in [0.5, 0.6) is 0 Å². The molecule has 3 aromatic rings. The molecule has 232 valence electrons. The Hall–Kier alpha value is -6.58. The largest absolute Gasteiger partial charge is 0.262 e. The van der Waals surface area contributed by atoms with E-state index in [1.807, 2.05) is 0 Å². The van der Waals surface area contributed by atoms with Gasteiger partial charge >= 0.3 is 0 Å². The molecular weight excluding hydrogens is 665 g/mol. The fraction of sp³-hybridized carbons (Fsp3) is 0. The van der Waals surface area contributed by atoms with Crippen molar-refractivity contribution in [3.05, 3.63) is 137 Å². The van der Waals surface area contributed by atoms with Crippen molar-refractivity contribution in [1.29, 1.82) is 15.8 Å². The van der Waals surface area contributed by atoms with Gasteiger partial charge in [0, 0.05) is 0 Å². The van der Waals surface area contributed by atoms with Crippen molar-refractivity contribution in [3.8, 4) is 18.2 Å². The van der Waals surface area contributed by atoms with Gasteiger partial charge in [-0.05, 0) is 16.7 Å². The second kappa shape index (κ2) is 11.7. The van der Waals surface area contributed by atoms with Crippen LogP contribution in [0.1, 0.15) is 22.3 Å². The molecule has 5 nitrogen and oxygen atoms in total. The van der Waals surface area contributed by atoms with Gasteiger partial charge in [0.1, 0.15) is 23.8 Å². The van der Waals surface area contributed by atoms with Gasteiger partial charge in [0.2, 0.25) is 11.5 Å². The lowest BCUT2D eigenvalue weighted by atomic mass is 10.0. The van der Waals surface area contributed by atoms with E-state index in [0.29, 0.717) is 0 Å². The van der Waals surface area contributed by atoms with Crippen LogP contribution in [-0.4, -0.2) is 0 Å². The molecule has 0 heterocycles. The molecule has 1 aliphatic carbocycles. The molecule has 3 aromatic carbocycles. The van der Waals surface area contributed by atoms with Crippen LogP contribution in [-0.2, 0) is 0 Å². The normalized spacial score (nSPS) is 15.1. The van der Waals surface area contributed by atoms with E-state index in [1.165, 1.54) is 0 Å². The summed E-state index contributed by atoms with van der Waals surface area (Å²) in [5.74, 6) is -33.6. The summed E-state index contributed by atoms with van der Waals surface area (Å²) in [6, 6.07) is 2.61. The highest BCUT2D eigenvalue weighted by molar-refractivity contribution is 6.11. The first-order valence-corrected chi connectivity index (χ1v) is 11.5. The molecule has 0 N–H and O–H groups in total. The average Bonchev–Trinajstić information content (AvgIpc) is 3.77. The van der Waals surface area contributed by atoms with Crippen LogP contribution in [0.15, 0.2) is 16.7 Å². The van der Waals surface area contributed by atoms with Gasteiger partial charge in [0.05, 0.1) is 41.0 Å². The molecule has 0 radical (unpaired) electrons. The summed E-state index contributed by atoms with van der Waals surface area (Å²) in [6.07, 6.45) is 0. The second-order valence-electron chi connectivity index (χ2n) is 8.71. The zero-order valence-electron chi connectivity index (χ0n) is 21.6. The molecule has 0 saturated heterocycles. The molecule has 0 spiro atoms. The Labute approximate surface area is 251 Å². The molecule has 1 aliphatic rings. The van der Waals surface area contributed by atoms with Gasteiger partial charge in [-0.3, -0.25) is 0 Å². The molecule has 0 atom stereocenters. The van der Waals surface area contributed by atoms with Crippen LogP contribution in [0.25, 0.3) is 26.5 Å². The van der Waals surface area contributed by atoms with Gasteiger partial charge in [-0.1, -0.05) is 0 Å². The molecule has 0 unspecified atom stereocenters. The minimum Gasteiger partial charge on any atom is -0.237 e. The highest BCUT2D eigenvalue weighted by Gasteiger charge is 2.46. The van der Waals surface area contributed by atoms with Crippen molar-refractivity contribution in [3.63, 3.8) is 0 Å². The van der Waals surface area contributed by atoms with Crippen molar-refractivity contribution in [2.75, 3.05) is 0 Å². The van der Waals surface area contributed by atoms with Crippen LogP contribution in [0, 0.1) is 123 Å². The Morgan fingerprint density at radius 3 is 1.11 bits per heavy atom. The first-order valence-electron chi connectivity index (χ1n) is 11.5. The molecule has 1 fully saturated rings. The van der Waals surface area contributed by atoms with E-state index in [2.05, 4.69) is 9.69 Å². The number of rotatable bonds is 3. The number of hydrogen-bond acceptors (Lipinski definition) is 3. The second-order valence-corrected chi connectivity index (χ2v) is 8.71. The standard InChI is InChI=1S/C29F13N5/c1-46-28(14-21(36)15(30)8(5-45)16(31)22(14)37)13-9(6(3-43)11-17(32)23(38)25(40)24(39)18(11)33)10(13)7(4-44)12-19(34)26(41)29(47-2)27(42)20(12)35/b9-6+,10-7-,28-13-. The molecule has 18 heteroatoms. The van der Waals surface area contributed by atoms with E-state index >= 15 is 0 Å². The van der Waals surface area contributed by atoms with Gasteiger partial charge in [-0.25, -0.2) is 66.8 Å². The molecule has 0 aromatic heterocycles. The first-order chi connectivity index (χ1) is 22.1. The number of nitriles is 3. The summed E-state index contributed by atoms with van der Waals surface area (Å²) in [5, 5.41) is 28.3. The van der Waals surface area contributed by atoms with Crippen molar-refractivity contribution in [2.45, 2.75) is 0 Å². The van der Waals surface area contributed by atoms with Gasteiger partial charge in [0.25, 0.3) is 5.69 Å². The lowest BCUT2D eigenvalue weighted by Gasteiger charge is -2.08.